The van der Waals surface area contributed by atoms with E-state index in [1.54, 1.807) is 14.0 Å². The molecule has 0 aliphatic carbocycles. The lowest BCUT2D eigenvalue weighted by Gasteiger charge is -2.22. The van der Waals surface area contributed by atoms with E-state index in [9.17, 15) is 9.50 Å². The Morgan fingerprint density at radius 1 is 1.67 bits per heavy atom. The second-order valence-electron chi connectivity index (χ2n) is 3.37. The molecule has 12 heavy (non-hydrogen) atoms. The largest absolute Gasteiger partial charge is 0.389 e. The number of ether oxygens (including phenoxy) is 1. The molecule has 0 unspecified atom stereocenters. The average molecular weight is 194 g/mol. The Labute approximate surface area is 76.5 Å². The van der Waals surface area contributed by atoms with Gasteiger partial charge in [-0.05, 0) is 6.92 Å². The van der Waals surface area contributed by atoms with Crippen molar-refractivity contribution < 1.29 is 14.2 Å². The molecule has 2 nitrogen and oxygen atoms in total. The molecule has 0 bridgehead atoms. The van der Waals surface area contributed by atoms with Crippen molar-refractivity contribution in [3.05, 3.63) is 0 Å². The summed E-state index contributed by atoms with van der Waals surface area (Å²) >= 11 is 1.46. The number of hydrogen-bond acceptors (Lipinski definition) is 3. The maximum Gasteiger partial charge on any atom is 0.146 e. The van der Waals surface area contributed by atoms with Crippen LogP contribution >= 0.6 is 11.8 Å². The van der Waals surface area contributed by atoms with Crippen molar-refractivity contribution in [2.75, 3.05) is 13.7 Å². The van der Waals surface area contributed by atoms with Gasteiger partial charge in [-0.2, -0.15) is 0 Å². The van der Waals surface area contributed by atoms with Gasteiger partial charge in [0.05, 0.1) is 11.9 Å². The molecule has 0 aromatic heterocycles. The molecule has 72 valence electrons. The summed E-state index contributed by atoms with van der Waals surface area (Å²) in [5, 5.41) is 9.26. The standard InChI is InChI=1S/C8H15FO2S/c1-5-8(2,9)7(10)6(12-5)4-11-3/h5-7,10H,4H2,1-3H3/t5-,6+,7+,8-/m0/s1. The summed E-state index contributed by atoms with van der Waals surface area (Å²) in [4.78, 5) is 0. The monoisotopic (exact) mass is 194 g/mol. The summed E-state index contributed by atoms with van der Waals surface area (Å²) in [6, 6.07) is 0. The van der Waals surface area contributed by atoms with Crippen molar-refractivity contribution in [2.24, 2.45) is 0 Å². The molecule has 1 heterocycles. The summed E-state index contributed by atoms with van der Waals surface area (Å²) < 4.78 is 18.5. The molecule has 4 atom stereocenters. The lowest BCUT2D eigenvalue weighted by atomic mass is 9.96. The van der Waals surface area contributed by atoms with Gasteiger partial charge in [0.15, 0.2) is 0 Å². The van der Waals surface area contributed by atoms with Crippen LogP contribution in [-0.4, -0.2) is 41.1 Å². The number of hydrogen-bond donors (Lipinski definition) is 1. The van der Waals surface area contributed by atoms with Gasteiger partial charge >= 0.3 is 0 Å². The Morgan fingerprint density at radius 2 is 2.25 bits per heavy atom. The maximum absolute atomic E-state index is 13.6. The highest BCUT2D eigenvalue weighted by Gasteiger charge is 2.50. The van der Waals surface area contributed by atoms with E-state index in [0.29, 0.717) is 6.61 Å². The van der Waals surface area contributed by atoms with E-state index >= 15 is 0 Å². The van der Waals surface area contributed by atoms with Crippen molar-refractivity contribution in [3.8, 4) is 0 Å². The molecule has 1 fully saturated rings. The zero-order valence-corrected chi connectivity index (χ0v) is 8.40. The van der Waals surface area contributed by atoms with Gasteiger partial charge in [0, 0.05) is 12.4 Å². The first-order chi connectivity index (χ1) is 5.50. The number of methoxy groups -OCH3 is 1. The third kappa shape index (κ3) is 1.60. The fourth-order valence-electron chi connectivity index (χ4n) is 1.37. The highest BCUT2D eigenvalue weighted by atomic mass is 32.2. The molecule has 1 aliphatic heterocycles. The maximum atomic E-state index is 13.6. The van der Waals surface area contributed by atoms with E-state index in [1.165, 1.54) is 18.7 Å². The minimum absolute atomic E-state index is 0.125. The van der Waals surface area contributed by atoms with Crippen molar-refractivity contribution >= 4 is 11.8 Å². The zero-order valence-electron chi connectivity index (χ0n) is 7.58. The van der Waals surface area contributed by atoms with Gasteiger partial charge in [-0.15, -0.1) is 11.8 Å². The van der Waals surface area contributed by atoms with Crippen LogP contribution in [0.5, 0.6) is 0 Å². The van der Waals surface area contributed by atoms with Gasteiger partial charge in [-0.1, -0.05) is 6.92 Å². The lowest BCUT2D eigenvalue weighted by Crippen LogP contribution is -2.41. The Morgan fingerprint density at radius 3 is 2.58 bits per heavy atom. The highest BCUT2D eigenvalue weighted by Crippen LogP contribution is 2.43. The van der Waals surface area contributed by atoms with Gasteiger partial charge in [-0.3, -0.25) is 0 Å². The average Bonchev–Trinajstić information content (AvgIpc) is 2.17. The summed E-state index contributed by atoms with van der Waals surface area (Å²) in [6.07, 6.45) is -0.905. The van der Waals surface area contributed by atoms with Crippen molar-refractivity contribution in [1.29, 1.82) is 0 Å². The SMILES string of the molecule is COC[C@H]1S[C@@H](C)[C@](C)(F)[C@@H]1O. The minimum atomic E-state index is -1.48. The predicted molar refractivity (Wildman–Crippen MR) is 48.2 cm³/mol. The van der Waals surface area contributed by atoms with E-state index in [1.807, 2.05) is 0 Å². The van der Waals surface area contributed by atoms with E-state index < -0.39 is 11.8 Å². The fraction of sp³-hybridized carbons (Fsp3) is 1.00. The molecule has 0 amide bonds. The van der Waals surface area contributed by atoms with Crippen LogP contribution in [0.15, 0.2) is 0 Å². The summed E-state index contributed by atoms with van der Waals surface area (Å²) in [5.41, 5.74) is -1.48. The van der Waals surface area contributed by atoms with Crippen molar-refractivity contribution in [1.82, 2.24) is 0 Å². The van der Waals surface area contributed by atoms with Crippen LogP contribution < -0.4 is 0 Å². The number of aliphatic hydroxyl groups is 1. The number of thioether (sulfide) groups is 1. The molecular weight excluding hydrogens is 179 g/mol. The summed E-state index contributed by atoms with van der Waals surface area (Å²) in [5.74, 6) is 0. The van der Waals surface area contributed by atoms with Crippen LogP contribution in [0.2, 0.25) is 0 Å². The first-order valence-corrected chi connectivity index (χ1v) is 4.95. The second-order valence-corrected chi connectivity index (χ2v) is 4.95. The predicted octanol–water partition coefficient (Wildman–Crippen LogP) is 1.23. The fourth-order valence-corrected chi connectivity index (χ4v) is 2.93. The number of aliphatic hydroxyl groups excluding tert-OH is 1. The molecule has 4 heteroatoms. The number of alkyl halides is 1. The topological polar surface area (TPSA) is 29.5 Å². The molecule has 0 saturated carbocycles. The van der Waals surface area contributed by atoms with E-state index in [0.717, 1.165) is 0 Å². The first-order valence-electron chi connectivity index (χ1n) is 4.01. The van der Waals surface area contributed by atoms with Crippen LogP contribution in [0.1, 0.15) is 13.8 Å². The Kier molecular flexibility index (Phi) is 3.01. The third-order valence-electron chi connectivity index (χ3n) is 2.44. The molecule has 0 aromatic rings. The van der Waals surface area contributed by atoms with E-state index in [4.69, 9.17) is 4.74 Å². The quantitative estimate of drug-likeness (QED) is 0.717. The van der Waals surface area contributed by atoms with Crippen LogP contribution in [-0.2, 0) is 4.74 Å². The summed E-state index contributed by atoms with van der Waals surface area (Å²) in [6.45, 7) is 3.66. The number of halogens is 1. The van der Waals surface area contributed by atoms with Crippen molar-refractivity contribution in [3.63, 3.8) is 0 Å². The summed E-state index contributed by atoms with van der Waals surface area (Å²) in [7, 11) is 1.56. The van der Waals surface area contributed by atoms with Gasteiger partial charge in [0.2, 0.25) is 0 Å². The van der Waals surface area contributed by atoms with Crippen LogP contribution in [0.3, 0.4) is 0 Å². The minimum Gasteiger partial charge on any atom is -0.389 e. The molecule has 1 N–H and O–H groups in total. The Hall–Kier alpha value is 0.200. The molecule has 1 rings (SSSR count). The van der Waals surface area contributed by atoms with Crippen LogP contribution in [0.25, 0.3) is 0 Å². The van der Waals surface area contributed by atoms with Gasteiger partial charge in [0.25, 0.3) is 0 Å². The Bertz CT molecular complexity index is 163. The first kappa shape index (κ1) is 10.3. The lowest BCUT2D eigenvalue weighted by molar-refractivity contribution is 0.00391. The molecule has 1 aliphatic rings. The van der Waals surface area contributed by atoms with Gasteiger partial charge in [0.1, 0.15) is 11.8 Å². The molecule has 1 saturated heterocycles. The van der Waals surface area contributed by atoms with Crippen molar-refractivity contribution in [2.45, 2.75) is 36.1 Å². The highest BCUT2D eigenvalue weighted by molar-refractivity contribution is 8.01. The third-order valence-corrected chi connectivity index (χ3v) is 4.05. The van der Waals surface area contributed by atoms with E-state index in [2.05, 4.69) is 0 Å². The van der Waals surface area contributed by atoms with Crippen LogP contribution in [0.4, 0.5) is 4.39 Å². The smallest absolute Gasteiger partial charge is 0.146 e. The van der Waals surface area contributed by atoms with Crippen LogP contribution in [0, 0.1) is 0 Å². The Balaban J connectivity index is 2.63. The number of rotatable bonds is 2. The normalized spacial score (nSPS) is 48.2. The van der Waals surface area contributed by atoms with Gasteiger partial charge in [-0.25, -0.2) is 4.39 Å². The molecule has 0 spiro atoms. The molecule has 0 radical (unpaired) electrons. The zero-order chi connectivity index (χ0) is 9.35. The van der Waals surface area contributed by atoms with E-state index in [-0.39, 0.29) is 10.5 Å². The molecule has 0 aromatic carbocycles. The van der Waals surface area contributed by atoms with Gasteiger partial charge < -0.3 is 9.84 Å². The molecular formula is C8H15FO2S. The second kappa shape index (κ2) is 3.52.